The molecule has 0 radical (unpaired) electrons. The van der Waals surface area contributed by atoms with Gasteiger partial charge in [-0.1, -0.05) is 31.4 Å². The summed E-state index contributed by atoms with van der Waals surface area (Å²) in [4.78, 5) is 14.5. The first-order valence-corrected chi connectivity index (χ1v) is 10.8. The highest BCUT2D eigenvalue weighted by Crippen LogP contribution is 2.28. The third-order valence-corrected chi connectivity index (χ3v) is 6.80. The highest BCUT2D eigenvalue weighted by atomic mass is 32.2. The molecule has 0 saturated heterocycles. The number of carbonyl (C=O) groups is 1. The lowest BCUT2D eigenvalue weighted by molar-refractivity contribution is 0.0940. The summed E-state index contributed by atoms with van der Waals surface area (Å²) in [5.74, 6) is -4.10. The number of nitrogens with one attached hydrogen (secondary N) is 2. The topological polar surface area (TPSA) is 75.3 Å². The molecule has 1 saturated carbocycles. The standard InChI is InChI=1S/C20H21F3N2O3S/c1-12-10-13(15-8-5-9-17(21)19(15)23)11-16(18(12)22)20(26)24-25-29(27,28)14-6-3-2-4-7-14/h5,8-11,14,25H,2-4,6-7H2,1H3,(H,24,26). The molecule has 156 valence electrons. The molecular formula is C20H21F3N2O3S. The molecule has 0 unspecified atom stereocenters. The molecule has 2 N–H and O–H groups in total. The Morgan fingerprint density at radius 1 is 1.03 bits per heavy atom. The van der Waals surface area contributed by atoms with Gasteiger partial charge < -0.3 is 0 Å². The maximum absolute atomic E-state index is 14.5. The van der Waals surface area contributed by atoms with Crippen molar-refractivity contribution in [2.75, 3.05) is 0 Å². The zero-order chi connectivity index (χ0) is 21.2. The SMILES string of the molecule is Cc1cc(-c2cccc(F)c2F)cc(C(=O)NNS(=O)(=O)C2CCCCC2)c1F. The number of amides is 1. The molecule has 3 rings (SSSR count). The van der Waals surface area contributed by atoms with Gasteiger partial charge in [0.25, 0.3) is 5.91 Å². The van der Waals surface area contributed by atoms with Crippen molar-refractivity contribution in [3.05, 3.63) is 58.9 Å². The minimum atomic E-state index is -3.80. The Kier molecular flexibility index (Phi) is 6.28. The van der Waals surface area contributed by atoms with E-state index in [1.165, 1.54) is 25.1 Å². The largest absolute Gasteiger partial charge is 0.274 e. The van der Waals surface area contributed by atoms with Gasteiger partial charge in [0, 0.05) is 5.56 Å². The zero-order valence-electron chi connectivity index (χ0n) is 15.8. The molecule has 0 aliphatic heterocycles. The Hall–Kier alpha value is -2.39. The van der Waals surface area contributed by atoms with Crippen molar-refractivity contribution < 1.29 is 26.4 Å². The van der Waals surface area contributed by atoms with E-state index in [0.717, 1.165) is 31.4 Å². The van der Waals surface area contributed by atoms with E-state index in [9.17, 15) is 26.4 Å². The summed E-state index contributed by atoms with van der Waals surface area (Å²) in [6.07, 6.45) is 3.52. The first kappa shape index (κ1) is 21.3. The van der Waals surface area contributed by atoms with Crippen molar-refractivity contribution in [3.63, 3.8) is 0 Å². The number of rotatable bonds is 5. The molecule has 1 aliphatic rings. The van der Waals surface area contributed by atoms with Gasteiger partial charge in [-0.3, -0.25) is 10.2 Å². The van der Waals surface area contributed by atoms with E-state index in [4.69, 9.17) is 0 Å². The number of hydrogen-bond acceptors (Lipinski definition) is 3. The van der Waals surface area contributed by atoms with Crippen molar-refractivity contribution in [1.82, 2.24) is 10.3 Å². The summed E-state index contributed by atoms with van der Waals surface area (Å²) in [6.45, 7) is 1.37. The fraction of sp³-hybridized carbons (Fsp3) is 0.350. The maximum atomic E-state index is 14.5. The van der Waals surface area contributed by atoms with Crippen LogP contribution >= 0.6 is 0 Å². The molecule has 1 aliphatic carbocycles. The lowest BCUT2D eigenvalue weighted by atomic mass is 9.98. The summed E-state index contributed by atoms with van der Waals surface area (Å²) < 4.78 is 66.8. The number of hydrazine groups is 1. The average molecular weight is 426 g/mol. The van der Waals surface area contributed by atoms with Crippen LogP contribution in [0.15, 0.2) is 30.3 Å². The minimum Gasteiger partial charge on any atom is -0.274 e. The van der Waals surface area contributed by atoms with Gasteiger partial charge in [-0.15, -0.1) is 4.83 Å². The monoisotopic (exact) mass is 426 g/mol. The van der Waals surface area contributed by atoms with Crippen molar-refractivity contribution in [2.24, 2.45) is 0 Å². The Bertz CT molecular complexity index is 1040. The summed E-state index contributed by atoms with van der Waals surface area (Å²) in [7, 11) is -3.80. The summed E-state index contributed by atoms with van der Waals surface area (Å²) in [5.41, 5.74) is 1.55. The fourth-order valence-electron chi connectivity index (χ4n) is 3.46. The predicted molar refractivity (Wildman–Crippen MR) is 103 cm³/mol. The highest BCUT2D eigenvalue weighted by molar-refractivity contribution is 7.90. The molecule has 0 bridgehead atoms. The molecule has 1 amide bonds. The van der Waals surface area contributed by atoms with E-state index in [1.807, 2.05) is 10.3 Å². The van der Waals surface area contributed by atoms with E-state index in [-0.39, 0.29) is 16.7 Å². The van der Waals surface area contributed by atoms with Crippen LogP contribution in [0.4, 0.5) is 13.2 Å². The molecule has 1 fully saturated rings. The second-order valence-corrected chi connectivity index (χ2v) is 9.08. The Morgan fingerprint density at radius 2 is 1.72 bits per heavy atom. The van der Waals surface area contributed by atoms with Crippen LogP contribution in [0.5, 0.6) is 0 Å². The van der Waals surface area contributed by atoms with Gasteiger partial charge in [0.2, 0.25) is 10.0 Å². The zero-order valence-corrected chi connectivity index (χ0v) is 16.6. The van der Waals surface area contributed by atoms with Crippen molar-refractivity contribution in [3.8, 4) is 11.1 Å². The molecule has 0 atom stereocenters. The quantitative estimate of drug-likeness (QED) is 0.711. The lowest BCUT2D eigenvalue weighted by Crippen LogP contribution is -2.46. The molecule has 0 aromatic heterocycles. The van der Waals surface area contributed by atoms with Gasteiger partial charge >= 0.3 is 0 Å². The van der Waals surface area contributed by atoms with E-state index in [0.29, 0.717) is 12.8 Å². The second kappa shape index (κ2) is 8.54. The molecular weight excluding hydrogens is 405 g/mol. The van der Waals surface area contributed by atoms with Crippen LogP contribution in [0.3, 0.4) is 0 Å². The van der Waals surface area contributed by atoms with E-state index < -0.39 is 44.2 Å². The average Bonchev–Trinajstić information content (AvgIpc) is 2.71. The summed E-state index contributed by atoms with van der Waals surface area (Å²) >= 11 is 0. The lowest BCUT2D eigenvalue weighted by Gasteiger charge is -2.22. The van der Waals surface area contributed by atoms with Crippen LogP contribution in [0.1, 0.15) is 48.0 Å². The normalized spacial score (nSPS) is 15.3. The third kappa shape index (κ3) is 4.62. The van der Waals surface area contributed by atoms with Crippen LogP contribution < -0.4 is 10.3 Å². The van der Waals surface area contributed by atoms with E-state index in [2.05, 4.69) is 0 Å². The highest BCUT2D eigenvalue weighted by Gasteiger charge is 2.28. The minimum absolute atomic E-state index is 0.0337. The summed E-state index contributed by atoms with van der Waals surface area (Å²) in [6, 6.07) is 5.90. The van der Waals surface area contributed by atoms with Crippen molar-refractivity contribution in [2.45, 2.75) is 44.3 Å². The van der Waals surface area contributed by atoms with Crippen LogP contribution in [-0.4, -0.2) is 19.6 Å². The molecule has 29 heavy (non-hydrogen) atoms. The second-order valence-electron chi connectivity index (χ2n) is 7.12. The van der Waals surface area contributed by atoms with Gasteiger partial charge in [0.1, 0.15) is 5.82 Å². The Balaban J connectivity index is 1.85. The van der Waals surface area contributed by atoms with Gasteiger partial charge in [-0.05, 0) is 49.1 Å². The molecule has 5 nitrogen and oxygen atoms in total. The number of halogens is 3. The number of carbonyl (C=O) groups excluding carboxylic acids is 1. The fourth-order valence-corrected chi connectivity index (χ4v) is 4.82. The van der Waals surface area contributed by atoms with Crippen LogP contribution in [0, 0.1) is 24.4 Å². The van der Waals surface area contributed by atoms with Crippen LogP contribution in [-0.2, 0) is 10.0 Å². The van der Waals surface area contributed by atoms with Crippen molar-refractivity contribution >= 4 is 15.9 Å². The molecule has 9 heteroatoms. The van der Waals surface area contributed by atoms with Gasteiger partial charge in [-0.2, -0.15) is 0 Å². The van der Waals surface area contributed by atoms with Gasteiger partial charge in [0.15, 0.2) is 11.6 Å². The Morgan fingerprint density at radius 3 is 2.41 bits per heavy atom. The first-order chi connectivity index (χ1) is 13.7. The maximum Gasteiger partial charge on any atom is 0.269 e. The molecule has 2 aromatic rings. The smallest absolute Gasteiger partial charge is 0.269 e. The third-order valence-electron chi connectivity index (χ3n) is 5.06. The Labute approximate surface area is 167 Å². The van der Waals surface area contributed by atoms with Crippen LogP contribution in [0.2, 0.25) is 0 Å². The van der Waals surface area contributed by atoms with Gasteiger partial charge in [-0.25, -0.2) is 21.6 Å². The van der Waals surface area contributed by atoms with Gasteiger partial charge in [0.05, 0.1) is 10.8 Å². The number of benzene rings is 2. The number of sulfonamides is 1. The number of aryl methyl sites for hydroxylation is 1. The molecule has 2 aromatic carbocycles. The molecule has 0 heterocycles. The first-order valence-electron chi connectivity index (χ1n) is 9.26. The van der Waals surface area contributed by atoms with E-state index in [1.54, 1.807) is 0 Å². The van der Waals surface area contributed by atoms with Crippen LogP contribution in [0.25, 0.3) is 11.1 Å². The number of hydrogen-bond donors (Lipinski definition) is 2. The molecule has 0 spiro atoms. The predicted octanol–water partition coefficient (Wildman–Crippen LogP) is 3.98. The van der Waals surface area contributed by atoms with Crippen molar-refractivity contribution in [1.29, 1.82) is 0 Å². The van der Waals surface area contributed by atoms with E-state index >= 15 is 0 Å². The summed E-state index contributed by atoms with van der Waals surface area (Å²) in [5, 5.41) is -0.615.